The lowest BCUT2D eigenvalue weighted by atomic mass is 10.0. The van der Waals surface area contributed by atoms with E-state index in [-0.39, 0.29) is 0 Å². The van der Waals surface area contributed by atoms with Gasteiger partial charge in [0.15, 0.2) is 0 Å². The molecule has 148 valence electrons. The number of nitrogens with one attached hydrogen (secondary N) is 1. The summed E-state index contributed by atoms with van der Waals surface area (Å²) < 4.78 is 25.6. The number of nitrogens with zero attached hydrogens (tertiary/aromatic N) is 3. The monoisotopic (exact) mass is 406 g/mol. The first kappa shape index (κ1) is 20.5. The molecule has 2 aromatic heterocycles. The fourth-order valence-electron chi connectivity index (χ4n) is 2.99. The van der Waals surface area contributed by atoms with Crippen molar-refractivity contribution < 1.29 is 8.42 Å². The Morgan fingerprint density at radius 3 is 2.21 bits per heavy atom. The van der Waals surface area contributed by atoms with E-state index in [2.05, 4.69) is 49.7 Å². The summed E-state index contributed by atoms with van der Waals surface area (Å²) in [5, 5.41) is 0. The van der Waals surface area contributed by atoms with Gasteiger partial charge >= 0.3 is 0 Å². The van der Waals surface area contributed by atoms with Gasteiger partial charge in [-0.2, -0.15) is 0 Å². The molecule has 6 nitrogen and oxygen atoms in total. The Balaban J connectivity index is 2.07. The van der Waals surface area contributed by atoms with E-state index in [0.717, 1.165) is 39.9 Å². The summed E-state index contributed by atoms with van der Waals surface area (Å²) in [6, 6.07) is 7.92. The van der Waals surface area contributed by atoms with Crippen molar-refractivity contribution in [1.29, 1.82) is 0 Å². The molecule has 0 aliphatic heterocycles. The SMILES string of the molecule is Cc1cc(C)cc(-c2ncnc(C)c2C#Cc2cnc(C)c(NS(C)(=O)=O)c2)c1. The number of rotatable bonds is 3. The average Bonchev–Trinajstić information content (AvgIpc) is 2.61. The molecule has 0 radical (unpaired) electrons. The molecule has 0 saturated heterocycles. The van der Waals surface area contributed by atoms with Gasteiger partial charge in [-0.3, -0.25) is 9.71 Å². The molecule has 3 rings (SSSR count). The fourth-order valence-corrected chi connectivity index (χ4v) is 3.60. The van der Waals surface area contributed by atoms with Gasteiger partial charge in [0.1, 0.15) is 6.33 Å². The third kappa shape index (κ3) is 5.18. The molecule has 0 atom stereocenters. The van der Waals surface area contributed by atoms with Crippen molar-refractivity contribution in [3.05, 3.63) is 70.4 Å². The van der Waals surface area contributed by atoms with Gasteiger partial charge < -0.3 is 0 Å². The minimum atomic E-state index is -3.40. The molecule has 7 heteroatoms. The zero-order valence-electron chi connectivity index (χ0n) is 17.0. The number of benzene rings is 1. The minimum absolute atomic E-state index is 0.412. The Labute approximate surface area is 171 Å². The molecule has 0 spiro atoms. The molecule has 0 bridgehead atoms. The van der Waals surface area contributed by atoms with E-state index in [1.807, 2.05) is 20.8 Å². The number of aromatic nitrogens is 3. The first-order chi connectivity index (χ1) is 13.6. The first-order valence-electron chi connectivity index (χ1n) is 8.99. The van der Waals surface area contributed by atoms with Crippen LogP contribution in [0.4, 0.5) is 5.69 Å². The van der Waals surface area contributed by atoms with Gasteiger partial charge in [0.2, 0.25) is 10.0 Å². The molecular formula is C22H22N4O2S. The van der Waals surface area contributed by atoms with E-state index in [9.17, 15) is 8.42 Å². The van der Waals surface area contributed by atoms with Gasteiger partial charge in [-0.25, -0.2) is 18.4 Å². The van der Waals surface area contributed by atoms with E-state index in [1.54, 1.807) is 19.2 Å². The number of hydrogen-bond donors (Lipinski definition) is 1. The van der Waals surface area contributed by atoms with Crippen LogP contribution >= 0.6 is 0 Å². The summed E-state index contributed by atoms with van der Waals surface area (Å²) in [6.45, 7) is 7.72. The van der Waals surface area contributed by atoms with Crippen LogP contribution in [-0.4, -0.2) is 29.6 Å². The van der Waals surface area contributed by atoms with Crippen LogP contribution in [0.1, 0.15) is 33.6 Å². The normalized spacial score (nSPS) is 10.9. The molecule has 2 heterocycles. The Morgan fingerprint density at radius 2 is 1.55 bits per heavy atom. The van der Waals surface area contributed by atoms with Crippen LogP contribution in [0, 0.1) is 39.5 Å². The number of hydrogen-bond acceptors (Lipinski definition) is 5. The van der Waals surface area contributed by atoms with Crippen molar-refractivity contribution in [2.24, 2.45) is 0 Å². The van der Waals surface area contributed by atoms with Crippen LogP contribution in [0.3, 0.4) is 0 Å². The van der Waals surface area contributed by atoms with Gasteiger partial charge in [0, 0.05) is 17.3 Å². The van der Waals surface area contributed by atoms with E-state index in [0.29, 0.717) is 16.9 Å². The summed E-state index contributed by atoms with van der Waals surface area (Å²) in [4.78, 5) is 13.0. The standard InChI is InChI=1S/C22H22N4O2S/c1-14-8-15(2)10-19(9-14)22-20(16(3)24-13-25-22)7-6-18-11-21(17(4)23-12-18)26-29(5,27)28/h8-13,26H,1-5H3. The van der Waals surface area contributed by atoms with Crippen molar-refractivity contribution in [2.45, 2.75) is 27.7 Å². The highest BCUT2D eigenvalue weighted by Crippen LogP contribution is 2.24. The van der Waals surface area contributed by atoms with Crippen molar-refractivity contribution in [1.82, 2.24) is 15.0 Å². The second-order valence-corrected chi connectivity index (χ2v) is 8.79. The predicted molar refractivity (Wildman–Crippen MR) is 115 cm³/mol. The Bertz CT molecular complexity index is 1240. The van der Waals surface area contributed by atoms with E-state index in [4.69, 9.17) is 0 Å². The van der Waals surface area contributed by atoms with Crippen LogP contribution in [0.5, 0.6) is 0 Å². The van der Waals surface area contributed by atoms with Gasteiger partial charge in [0.25, 0.3) is 0 Å². The molecule has 1 N–H and O–H groups in total. The lowest BCUT2D eigenvalue weighted by molar-refractivity contribution is 0.606. The molecule has 0 fully saturated rings. The van der Waals surface area contributed by atoms with Crippen molar-refractivity contribution >= 4 is 15.7 Å². The molecule has 0 amide bonds. The molecule has 3 aromatic rings. The summed E-state index contributed by atoms with van der Waals surface area (Å²) >= 11 is 0. The molecule has 0 aliphatic carbocycles. The third-order valence-corrected chi connectivity index (χ3v) is 4.84. The first-order valence-corrected chi connectivity index (χ1v) is 10.9. The van der Waals surface area contributed by atoms with Crippen LogP contribution in [-0.2, 0) is 10.0 Å². The molecule has 0 aliphatic rings. The van der Waals surface area contributed by atoms with Gasteiger partial charge in [0.05, 0.1) is 34.6 Å². The van der Waals surface area contributed by atoms with Gasteiger partial charge in [-0.15, -0.1) is 0 Å². The van der Waals surface area contributed by atoms with Crippen LogP contribution in [0.2, 0.25) is 0 Å². The third-order valence-electron chi connectivity index (χ3n) is 4.25. The zero-order chi connectivity index (χ0) is 21.2. The lowest BCUT2D eigenvalue weighted by Crippen LogP contribution is -2.11. The van der Waals surface area contributed by atoms with Crippen molar-refractivity contribution in [3.8, 4) is 23.1 Å². The maximum atomic E-state index is 11.6. The van der Waals surface area contributed by atoms with E-state index < -0.39 is 10.0 Å². The average molecular weight is 407 g/mol. The fraction of sp³-hybridized carbons (Fsp3) is 0.227. The smallest absolute Gasteiger partial charge is 0.229 e. The second kappa shape index (κ2) is 8.02. The highest BCUT2D eigenvalue weighted by atomic mass is 32.2. The summed E-state index contributed by atoms with van der Waals surface area (Å²) in [6.07, 6.45) is 4.26. The molecule has 0 saturated carbocycles. The Kier molecular flexibility index (Phi) is 5.66. The summed E-state index contributed by atoms with van der Waals surface area (Å²) in [5.41, 5.74) is 7.14. The molecule has 0 unspecified atom stereocenters. The minimum Gasteiger partial charge on any atom is -0.282 e. The van der Waals surface area contributed by atoms with Crippen molar-refractivity contribution in [2.75, 3.05) is 11.0 Å². The summed E-state index contributed by atoms with van der Waals surface area (Å²) in [5.74, 6) is 6.22. The zero-order valence-corrected chi connectivity index (χ0v) is 17.8. The van der Waals surface area contributed by atoms with Crippen LogP contribution < -0.4 is 4.72 Å². The van der Waals surface area contributed by atoms with Gasteiger partial charge in [-0.1, -0.05) is 29.0 Å². The second-order valence-electron chi connectivity index (χ2n) is 7.04. The van der Waals surface area contributed by atoms with E-state index >= 15 is 0 Å². The highest BCUT2D eigenvalue weighted by Gasteiger charge is 2.10. The lowest BCUT2D eigenvalue weighted by Gasteiger charge is -2.08. The number of sulfonamides is 1. The maximum absolute atomic E-state index is 11.6. The Hall–Kier alpha value is -3.24. The highest BCUT2D eigenvalue weighted by molar-refractivity contribution is 7.92. The molecule has 1 aromatic carbocycles. The predicted octanol–water partition coefficient (Wildman–Crippen LogP) is 3.54. The van der Waals surface area contributed by atoms with Gasteiger partial charge in [-0.05, 0) is 45.9 Å². The maximum Gasteiger partial charge on any atom is 0.229 e. The Morgan fingerprint density at radius 1 is 0.862 bits per heavy atom. The summed E-state index contributed by atoms with van der Waals surface area (Å²) in [7, 11) is -3.40. The van der Waals surface area contributed by atoms with Crippen molar-refractivity contribution in [3.63, 3.8) is 0 Å². The molecule has 29 heavy (non-hydrogen) atoms. The largest absolute Gasteiger partial charge is 0.282 e. The quantitative estimate of drug-likeness (QED) is 0.673. The topological polar surface area (TPSA) is 84.8 Å². The number of pyridine rings is 1. The van der Waals surface area contributed by atoms with Crippen LogP contribution in [0.15, 0.2) is 36.8 Å². The van der Waals surface area contributed by atoms with E-state index in [1.165, 1.54) is 6.33 Å². The molecular weight excluding hydrogens is 384 g/mol. The van der Waals surface area contributed by atoms with Crippen LogP contribution in [0.25, 0.3) is 11.3 Å². The number of anilines is 1. The number of aryl methyl sites for hydroxylation is 4.